The Kier molecular flexibility index (Phi) is 6.39. The Morgan fingerprint density at radius 3 is 2.65 bits per heavy atom. The zero-order valence-corrected chi connectivity index (χ0v) is 17.4. The van der Waals surface area contributed by atoms with E-state index >= 15 is 0 Å². The van der Waals surface area contributed by atoms with Gasteiger partial charge in [-0.2, -0.15) is 5.10 Å². The first kappa shape index (κ1) is 21.1. The van der Waals surface area contributed by atoms with Crippen LogP contribution in [0.25, 0.3) is 10.8 Å². The van der Waals surface area contributed by atoms with Crippen LogP contribution in [0.5, 0.6) is 0 Å². The fourth-order valence-electron chi connectivity index (χ4n) is 3.97. The maximum atomic E-state index is 13.8. The Bertz CT molecular complexity index is 1140. The van der Waals surface area contributed by atoms with E-state index in [2.05, 4.69) is 15.3 Å². The molecule has 4 rings (SSSR count). The highest BCUT2D eigenvalue weighted by molar-refractivity contribution is 5.83. The van der Waals surface area contributed by atoms with E-state index in [1.54, 1.807) is 18.2 Å². The van der Waals surface area contributed by atoms with Crippen molar-refractivity contribution >= 4 is 16.7 Å². The lowest BCUT2D eigenvalue weighted by Gasteiger charge is -2.35. The van der Waals surface area contributed by atoms with E-state index in [9.17, 15) is 14.0 Å². The zero-order chi connectivity index (χ0) is 21.8. The van der Waals surface area contributed by atoms with Crippen molar-refractivity contribution in [2.24, 2.45) is 0 Å². The highest BCUT2D eigenvalue weighted by Crippen LogP contribution is 2.22. The van der Waals surface area contributed by atoms with Crippen molar-refractivity contribution in [1.82, 2.24) is 20.0 Å². The molecule has 1 aromatic heterocycles. The van der Waals surface area contributed by atoms with Gasteiger partial charge in [0.15, 0.2) is 0 Å². The summed E-state index contributed by atoms with van der Waals surface area (Å²) in [6.07, 6.45) is 0. The second-order valence-corrected chi connectivity index (χ2v) is 7.62. The average molecular weight is 424 g/mol. The second kappa shape index (κ2) is 9.36. The molecule has 1 fully saturated rings. The molecule has 0 saturated carbocycles. The Labute approximate surface area is 179 Å². The highest BCUT2D eigenvalue weighted by atomic mass is 19.1. The molecule has 2 aromatic carbocycles. The lowest BCUT2D eigenvalue weighted by molar-refractivity contribution is -0.122. The van der Waals surface area contributed by atoms with Gasteiger partial charge < -0.3 is 10.1 Å². The fraction of sp³-hybridized carbons (Fsp3) is 0.348. The van der Waals surface area contributed by atoms with Crippen molar-refractivity contribution in [1.29, 1.82) is 0 Å². The van der Waals surface area contributed by atoms with Crippen molar-refractivity contribution < 1.29 is 13.9 Å². The van der Waals surface area contributed by atoms with Crippen LogP contribution in [0.2, 0.25) is 0 Å². The van der Waals surface area contributed by atoms with Crippen molar-refractivity contribution in [3.63, 3.8) is 0 Å². The van der Waals surface area contributed by atoms with Crippen LogP contribution in [0, 0.1) is 12.7 Å². The third-order valence-electron chi connectivity index (χ3n) is 5.56. The summed E-state index contributed by atoms with van der Waals surface area (Å²) in [5, 5.41) is 8.51. The van der Waals surface area contributed by atoms with Gasteiger partial charge >= 0.3 is 0 Å². The maximum absolute atomic E-state index is 13.8. The van der Waals surface area contributed by atoms with Gasteiger partial charge in [0, 0.05) is 25.0 Å². The van der Waals surface area contributed by atoms with Gasteiger partial charge in [0.25, 0.3) is 5.56 Å². The molecule has 0 bridgehead atoms. The topological polar surface area (TPSA) is 76.5 Å². The quantitative estimate of drug-likeness (QED) is 0.655. The number of carbonyl (C=O) groups excluding carboxylic acids is 1. The van der Waals surface area contributed by atoms with Gasteiger partial charge in [0.1, 0.15) is 12.4 Å². The minimum absolute atomic E-state index is 0.177. The molecule has 162 valence electrons. The number of rotatable bonds is 6. The van der Waals surface area contributed by atoms with E-state index < -0.39 is 0 Å². The molecule has 1 N–H and O–H groups in total. The molecule has 8 heteroatoms. The number of aromatic nitrogens is 2. The van der Waals surface area contributed by atoms with E-state index in [4.69, 9.17) is 4.74 Å². The van der Waals surface area contributed by atoms with E-state index in [0.717, 1.165) is 10.9 Å². The summed E-state index contributed by atoms with van der Waals surface area (Å²) in [4.78, 5) is 27.6. The summed E-state index contributed by atoms with van der Waals surface area (Å²) in [7, 11) is 0. The standard InChI is InChI=1S/C23H25FN4O3/c1-16-19-7-2-3-8-20(19)23(30)28(26-16)15-22(29)25-14-21(27-9-11-31-12-10-27)17-5-4-6-18(24)13-17/h2-8,13,21H,9-12,14-15H2,1H3,(H,25,29). The van der Waals surface area contributed by atoms with Gasteiger partial charge in [-0.1, -0.05) is 30.3 Å². The molecule has 0 aliphatic carbocycles. The Morgan fingerprint density at radius 1 is 1.16 bits per heavy atom. The van der Waals surface area contributed by atoms with Crippen LogP contribution in [-0.4, -0.2) is 53.4 Å². The molecule has 1 unspecified atom stereocenters. The lowest BCUT2D eigenvalue weighted by Crippen LogP contribution is -2.44. The molecule has 31 heavy (non-hydrogen) atoms. The minimum atomic E-state index is -0.320. The molecule has 1 amide bonds. The van der Waals surface area contributed by atoms with Crippen LogP contribution in [-0.2, 0) is 16.1 Å². The molecular weight excluding hydrogens is 399 g/mol. The summed E-state index contributed by atoms with van der Waals surface area (Å²) in [6.45, 7) is 4.51. The van der Waals surface area contributed by atoms with Crippen LogP contribution in [0.3, 0.4) is 0 Å². The number of morpholine rings is 1. The van der Waals surface area contributed by atoms with Gasteiger partial charge in [-0.05, 0) is 30.7 Å². The maximum Gasteiger partial charge on any atom is 0.275 e. The Balaban J connectivity index is 1.50. The van der Waals surface area contributed by atoms with E-state index in [1.165, 1.54) is 16.8 Å². The van der Waals surface area contributed by atoms with Crippen LogP contribution >= 0.6 is 0 Å². The number of carbonyl (C=O) groups is 1. The Hall–Kier alpha value is -3.10. The summed E-state index contributed by atoms with van der Waals surface area (Å²) >= 11 is 0. The highest BCUT2D eigenvalue weighted by Gasteiger charge is 2.24. The molecule has 0 spiro atoms. The third kappa shape index (κ3) is 4.81. The monoisotopic (exact) mass is 424 g/mol. The average Bonchev–Trinajstić information content (AvgIpc) is 2.78. The number of nitrogens with one attached hydrogen (secondary N) is 1. The first-order valence-corrected chi connectivity index (χ1v) is 10.3. The normalized spacial score (nSPS) is 15.7. The second-order valence-electron chi connectivity index (χ2n) is 7.62. The number of amides is 1. The van der Waals surface area contributed by atoms with Gasteiger partial charge in [0.05, 0.1) is 30.3 Å². The fourth-order valence-corrected chi connectivity index (χ4v) is 3.97. The summed E-state index contributed by atoms with van der Waals surface area (Å²) in [5.41, 5.74) is 1.18. The molecule has 2 heterocycles. The molecule has 1 aliphatic heterocycles. The SMILES string of the molecule is Cc1nn(CC(=O)NCC(c2cccc(F)c2)N2CCOCC2)c(=O)c2ccccc12. The molecule has 1 atom stereocenters. The molecule has 7 nitrogen and oxygen atoms in total. The summed E-state index contributed by atoms with van der Waals surface area (Å²) < 4.78 is 20.4. The van der Waals surface area contributed by atoms with E-state index in [-0.39, 0.29) is 29.9 Å². The lowest BCUT2D eigenvalue weighted by atomic mass is 10.0. The molecule has 3 aromatic rings. The summed E-state index contributed by atoms with van der Waals surface area (Å²) in [6, 6.07) is 13.4. The largest absolute Gasteiger partial charge is 0.379 e. The smallest absolute Gasteiger partial charge is 0.275 e. The number of nitrogens with zero attached hydrogens (tertiary/aromatic N) is 3. The van der Waals surface area contributed by atoms with Crippen LogP contribution in [0.15, 0.2) is 53.3 Å². The van der Waals surface area contributed by atoms with Crippen LogP contribution in [0.1, 0.15) is 17.3 Å². The van der Waals surface area contributed by atoms with E-state index in [0.29, 0.717) is 43.9 Å². The predicted molar refractivity (Wildman–Crippen MR) is 115 cm³/mol. The first-order valence-electron chi connectivity index (χ1n) is 10.3. The van der Waals surface area contributed by atoms with Crippen LogP contribution in [0.4, 0.5) is 4.39 Å². The number of fused-ring (bicyclic) bond motifs is 1. The number of benzene rings is 2. The van der Waals surface area contributed by atoms with Crippen molar-refractivity contribution in [3.8, 4) is 0 Å². The number of ether oxygens (including phenoxy) is 1. The number of aryl methyl sites for hydroxylation is 1. The third-order valence-corrected chi connectivity index (χ3v) is 5.56. The van der Waals surface area contributed by atoms with Gasteiger partial charge in [0.2, 0.25) is 5.91 Å². The molecule has 1 aliphatic rings. The van der Waals surface area contributed by atoms with E-state index in [1.807, 2.05) is 25.1 Å². The van der Waals surface area contributed by atoms with Crippen molar-refractivity contribution in [2.75, 3.05) is 32.8 Å². The summed E-state index contributed by atoms with van der Waals surface area (Å²) in [5.74, 6) is -0.636. The van der Waals surface area contributed by atoms with Crippen molar-refractivity contribution in [3.05, 3.63) is 76.0 Å². The van der Waals surface area contributed by atoms with Gasteiger partial charge in [-0.25, -0.2) is 9.07 Å². The molecule has 1 saturated heterocycles. The molecular formula is C23H25FN4O3. The van der Waals surface area contributed by atoms with Gasteiger partial charge in [-0.15, -0.1) is 0 Å². The predicted octanol–water partition coefficient (Wildman–Crippen LogP) is 2.03. The zero-order valence-electron chi connectivity index (χ0n) is 17.4. The van der Waals surface area contributed by atoms with Gasteiger partial charge in [-0.3, -0.25) is 14.5 Å². The number of halogens is 1. The number of hydrogen-bond donors (Lipinski definition) is 1. The van der Waals surface area contributed by atoms with Crippen LogP contribution < -0.4 is 10.9 Å². The first-order chi connectivity index (χ1) is 15.0. The minimum Gasteiger partial charge on any atom is -0.379 e. The van der Waals surface area contributed by atoms with Crippen molar-refractivity contribution in [2.45, 2.75) is 19.5 Å². The number of hydrogen-bond acceptors (Lipinski definition) is 5. The Morgan fingerprint density at radius 2 is 1.90 bits per heavy atom. The molecule has 0 radical (unpaired) electrons.